The van der Waals surface area contributed by atoms with Crippen molar-refractivity contribution in [1.82, 2.24) is 9.13 Å². The summed E-state index contributed by atoms with van der Waals surface area (Å²) in [5.74, 6) is 0.962. The minimum atomic E-state index is -0.599. The largest absolute Gasteiger partial charge is 0.493 e. The molecule has 8 nitrogen and oxygen atoms in total. The molecule has 0 spiro atoms. The van der Waals surface area contributed by atoms with Crippen LogP contribution in [-0.2, 0) is 13.6 Å². The van der Waals surface area contributed by atoms with Crippen molar-refractivity contribution in [3.8, 4) is 11.5 Å². The fraction of sp³-hybridized carbons (Fsp3) is 0.350. The Bertz CT molecular complexity index is 1080. The van der Waals surface area contributed by atoms with E-state index in [0.717, 1.165) is 4.57 Å². The first-order valence-electron chi connectivity index (χ1n) is 9.11. The van der Waals surface area contributed by atoms with Crippen molar-refractivity contribution < 1.29 is 14.3 Å². The molecule has 1 aliphatic rings. The molecule has 0 unspecified atom stereocenters. The number of Topliss-reactive ketones (excluding diaryl/α,β-unsaturated/α-hetero) is 1. The van der Waals surface area contributed by atoms with Crippen molar-refractivity contribution in [3.63, 3.8) is 0 Å². The van der Waals surface area contributed by atoms with Gasteiger partial charge in [-0.05, 0) is 37.1 Å². The van der Waals surface area contributed by atoms with E-state index in [1.807, 2.05) is 13.8 Å². The monoisotopic (exact) mass is 385 g/mol. The van der Waals surface area contributed by atoms with Gasteiger partial charge in [-0.25, -0.2) is 4.79 Å². The third-order valence-electron chi connectivity index (χ3n) is 4.51. The number of rotatable bonds is 6. The maximum atomic E-state index is 12.9. The zero-order chi connectivity index (χ0) is 20.4. The molecule has 0 saturated carbocycles. The molecular weight excluding hydrogens is 362 g/mol. The summed E-state index contributed by atoms with van der Waals surface area (Å²) >= 11 is 0. The fourth-order valence-electron chi connectivity index (χ4n) is 3.17. The van der Waals surface area contributed by atoms with Gasteiger partial charge in [-0.1, -0.05) is 13.0 Å². The van der Waals surface area contributed by atoms with Gasteiger partial charge in [0.15, 0.2) is 11.5 Å². The lowest BCUT2D eigenvalue weighted by molar-refractivity contribution is 0.104. The minimum Gasteiger partial charge on any atom is -0.493 e. The second-order valence-corrected chi connectivity index (χ2v) is 6.38. The zero-order valence-corrected chi connectivity index (χ0v) is 16.4. The summed E-state index contributed by atoms with van der Waals surface area (Å²) in [4.78, 5) is 37.8. The highest BCUT2D eigenvalue weighted by atomic mass is 16.5. The van der Waals surface area contributed by atoms with Gasteiger partial charge in [0, 0.05) is 13.6 Å². The minimum absolute atomic E-state index is 0.0136. The van der Waals surface area contributed by atoms with Crippen molar-refractivity contribution in [2.24, 2.45) is 7.05 Å². The van der Waals surface area contributed by atoms with Gasteiger partial charge < -0.3 is 14.8 Å². The van der Waals surface area contributed by atoms with Crippen molar-refractivity contribution in [3.05, 3.63) is 55.9 Å². The number of methoxy groups -OCH3 is 1. The molecule has 2 heterocycles. The first kappa shape index (κ1) is 19.5. The van der Waals surface area contributed by atoms with Crippen LogP contribution in [0.5, 0.6) is 11.5 Å². The Morgan fingerprint density at radius 1 is 1.14 bits per heavy atom. The fourth-order valence-corrected chi connectivity index (χ4v) is 3.17. The summed E-state index contributed by atoms with van der Waals surface area (Å²) in [7, 11) is 2.93. The number of ketones is 1. The number of carbonyl (C=O) groups excluding carboxylic acids is 1. The van der Waals surface area contributed by atoms with Gasteiger partial charge in [0.25, 0.3) is 5.56 Å². The van der Waals surface area contributed by atoms with Gasteiger partial charge in [-0.15, -0.1) is 0 Å². The summed E-state index contributed by atoms with van der Waals surface area (Å²) < 4.78 is 13.2. The molecule has 1 aliphatic heterocycles. The Kier molecular flexibility index (Phi) is 5.39. The standard InChI is InChI=1S/C20H23N3O5/c1-5-9-23-18-16(19(25)22(3)20(23)26)17(24)13(21-18)10-12-7-8-14(27-4)15(11-12)28-6-2/h7-8,10-11,21H,5-6,9H2,1-4H3/b13-10+. The van der Waals surface area contributed by atoms with E-state index in [1.165, 1.54) is 11.6 Å². The summed E-state index contributed by atoms with van der Waals surface area (Å²) in [6, 6.07) is 5.28. The molecule has 0 atom stereocenters. The lowest BCUT2D eigenvalue weighted by Gasteiger charge is -2.11. The Hall–Kier alpha value is -3.29. The molecule has 28 heavy (non-hydrogen) atoms. The van der Waals surface area contributed by atoms with Crippen molar-refractivity contribution in [2.45, 2.75) is 26.8 Å². The smallest absolute Gasteiger partial charge is 0.332 e. The third-order valence-corrected chi connectivity index (χ3v) is 4.51. The number of ether oxygens (including phenoxy) is 2. The van der Waals surface area contributed by atoms with Crippen molar-refractivity contribution in [2.75, 3.05) is 19.0 Å². The quantitative estimate of drug-likeness (QED) is 0.765. The molecule has 148 valence electrons. The van der Waals surface area contributed by atoms with E-state index in [-0.39, 0.29) is 17.1 Å². The SMILES string of the molecule is CCCn1c2c(c(=O)n(C)c1=O)C(=O)/C(=C\c1ccc(OC)c(OCC)c1)N2. The molecule has 3 rings (SSSR count). The van der Waals surface area contributed by atoms with E-state index in [1.54, 1.807) is 31.4 Å². The van der Waals surface area contributed by atoms with E-state index < -0.39 is 17.0 Å². The van der Waals surface area contributed by atoms with Gasteiger partial charge >= 0.3 is 5.69 Å². The maximum absolute atomic E-state index is 12.9. The van der Waals surface area contributed by atoms with Gasteiger partial charge in [0.1, 0.15) is 11.4 Å². The summed E-state index contributed by atoms with van der Waals surface area (Å²) in [6.45, 7) is 4.66. The average molecular weight is 385 g/mol. The van der Waals surface area contributed by atoms with Crippen LogP contribution in [0, 0.1) is 0 Å². The van der Waals surface area contributed by atoms with Crippen LogP contribution < -0.4 is 26.0 Å². The number of hydrogen-bond donors (Lipinski definition) is 1. The van der Waals surface area contributed by atoms with Gasteiger partial charge in [-0.2, -0.15) is 0 Å². The number of aromatic nitrogens is 2. The van der Waals surface area contributed by atoms with Crippen LogP contribution in [0.3, 0.4) is 0 Å². The van der Waals surface area contributed by atoms with Crippen LogP contribution >= 0.6 is 0 Å². The number of allylic oxidation sites excluding steroid dienone is 1. The van der Waals surface area contributed by atoms with E-state index in [2.05, 4.69) is 5.32 Å². The third kappa shape index (κ3) is 3.21. The molecule has 8 heteroatoms. The predicted molar refractivity (Wildman–Crippen MR) is 106 cm³/mol. The number of anilines is 1. The number of nitrogens with zero attached hydrogens (tertiary/aromatic N) is 2. The van der Waals surface area contributed by atoms with E-state index >= 15 is 0 Å². The first-order valence-corrected chi connectivity index (χ1v) is 9.11. The number of carbonyl (C=O) groups is 1. The summed E-state index contributed by atoms with van der Waals surface area (Å²) in [6.07, 6.45) is 2.32. The molecule has 1 N–H and O–H groups in total. The van der Waals surface area contributed by atoms with Crippen LogP contribution in [0.4, 0.5) is 5.82 Å². The van der Waals surface area contributed by atoms with Gasteiger partial charge in [0.2, 0.25) is 5.78 Å². The Morgan fingerprint density at radius 2 is 1.89 bits per heavy atom. The normalized spacial score (nSPS) is 14.1. The Balaban J connectivity index is 2.09. The Morgan fingerprint density at radius 3 is 2.54 bits per heavy atom. The molecule has 2 aromatic rings. The molecular formula is C20H23N3O5. The lowest BCUT2D eigenvalue weighted by Crippen LogP contribution is -2.40. The zero-order valence-electron chi connectivity index (χ0n) is 16.4. The van der Waals surface area contributed by atoms with Crippen LogP contribution in [0.15, 0.2) is 33.5 Å². The van der Waals surface area contributed by atoms with Crippen LogP contribution in [-0.4, -0.2) is 28.6 Å². The second-order valence-electron chi connectivity index (χ2n) is 6.38. The topological polar surface area (TPSA) is 91.6 Å². The lowest BCUT2D eigenvalue weighted by atomic mass is 10.1. The molecule has 0 aliphatic carbocycles. The van der Waals surface area contributed by atoms with Crippen LogP contribution in [0.1, 0.15) is 36.2 Å². The highest BCUT2D eigenvalue weighted by Gasteiger charge is 2.32. The number of benzene rings is 1. The van der Waals surface area contributed by atoms with Crippen molar-refractivity contribution >= 4 is 17.7 Å². The van der Waals surface area contributed by atoms with E-state index in [9.17, 15) is 14.4 Å². The van der Waals surface area contributed by atoms with E-state index in [4.69, 9.17) is 9.47 Å². The molecule has 0 amide bonds. The molecule has 0 radical (unpaired) electrons. The molecule has 0 bridgehead atoms. The molecule has 1 aromatic heterocycles. The second kappa shape index (κ2) is 7.75. The molecule has 1 aromatic carbocycles. The maximum Gasteiger partial charge on any atom is 0.332 e. The van der Waals surface area contributed by atoms with Gasteiger partial charge in [0.05, 0.1) is 19.4 Å². The predicted octanol–water partition coefficient (Wildman–Crippen LogP) is 2.01. The van der Waals surface area contributed by atoms with Crippen molar-refractivity contribution in [1.29, 1.82) is 0 Å². The molecule has 0 fully saturated rings. The number of hydrogen-bond acceptors (Lipinski definition) is 6. The first-order chi connectivity index (χ1) is 13.4. The summed E-state index contributed by atoms with van der Waals surface area (Å²) in [5.41, 5.74) is -0.127. The molecule has 0 saturated heterocycles. The number of fused-ring (bicyclic) bond motifs is 1. The summed E-state index contributed by atoms with van der Waals surface area (Å²) in [5, 5.41) is 2.96. The van der Waals surface area contributed by atoms with Crippen LogP contribution in [0.2, 0.25) is 0 Å². The highest BCUT2D eigenvalue weighted by molar-refractivity contribution is 6.19. The van der Waals surface area contributed by atoms with E-state index in [0.29, 0.717) is 36.6 Å². The Labute approximate surface area is 162 Å². The van der Waals surface area contributed by atoms with Gasteiger partial charge in [-0.3, -0.25) is 18.7 Å². The average Bonchev–Trinajstić information content (AvgIpc) is 3.00. The number of nitrogens with one attached hydrogen (secondary N) is 1. The van der Waals surface area contributed by atoms with Crippen LogP contribution in [0.25, 0.3) is 6.08 Å². The highest BCUT2D eigenvalue weighted by Crippen LogP contribution is 2.31.